The van der Waals surface area contributed by atoms with Crippen LogP contribution in [-0.4, -0.2) is 22.0 Å². The van der Waals surface area contributed by atoms with E-state index in [1.165, 1.54) is 18.5 Å². The number of hydrogen-bond donors (Lipinski definition) is 1. The summed E-state index contributed by atoms with van der Waals surface area (Å²) in [4.78, 5) is 26.3. The molecular formula is C18H14N4O4. The molecule has 1 aromatic carbocycles. The third kappa shape index (κ3) is 3.81. The fourth-order valence-corrected chi connectivity index (χ4v) is 2.25. The van der Waals surface area contributed by atoms with Gasteiger partial charge in [0.25, 0.3) is 11.6 Å². The van der Waals surface area contributed by atoms with Crippen molar-refractivity contribution in [3.8, 4) is 11.3 Å². The van der Waals surface area contributed by atoms with Crippen LogP contribution < -0.4 is 5.43 Å². The fraction of sp³-hybridized carbons (Fsp3) is 0.0556. The number of nitrogens with zero attached hydrogens (tertiary/aromatic N) is 3. The summed E-state index contributed by atoms with van der Waals surface area (Å²) in [6.45, 7) is 1.67. The Balaban J connectivity index is 1.71. The number of furan rings is 1. The lowest BCUT2D eigenvalue weighted by Gasteiger charge is -2.00. The Bertz CT molecular complexity index is 980. The number of aromatic nitrogens is 1. The van der Waals surface area contributed by atoms with E-state index in [1.807, 2.05) is 0 Å². The molecule has 0 saturated carbocycles. The Morgan fingerprint density at radius 1 is 1.31 bits per heavy atom. The minimum absolute atomic E-state index is 0.0258. The highest BCUT2D eigenvalue weighted by Crippen LogP contribution is 2.27. The molecule has 2 heterocycles. The summed E-state index contributed by atoms with van der Waals surface area (Å²) in [6, 6.07) is 11.5. The summed E-state index contributed by atoms with van der Waals surface area (Å²) in [5.74, 6) is 0.470. The molecule has 26 heavy (non-hydrogen) atoms. The van der Waals surface area contributed by atoms with Crippen molar-refractivity contribution in [1.29, 1.82) is 0 Å². The molecule has 0 aliphatic carbocycles. The number of nitrogens with one attached hydrogen (secondary N) is 1. The molecule has 0 aliphatic heterocycles. The normalized spacial score (nSPS) is 10.8. The Kier molecular flexibility index (Phi) is 4.84. The maximum Gasteiger partial charge on any atom is 0.273 e. The van der Waals surface area contributed by atoms with Gasteiger partial charge in [-0.05, 0) is 31.2 Å². The summed E-state index contributed by atoms with van der Waals surface area (Å²) in [5.41, 5.74) is 3.94. The molecule has 0 radical (unpaired) electrons. The van der Waals surface area contributed by atoms with E-state index in [-0.39, 0.29) is 5.69 Å². The Labute approximate surface area is 148 Å². The van der Waals surface area contributed by atoms with Crippen molar-refractivity contribution in [2.75, 3.05) is 0 Å². The molecule has 1 N–H and O–H groups in total. The van der Waals surface area contributed by atoms with E-state index in [2.05, 4.69) is 15.5 Å². The number of carbonyl (C=O) groups excluding carboxylic acids is 1. The van der Waals surface area contributed by atoms with Crippen molar-refractivity contribution < 1.29 is 14.1 Å². The first-order chi connectivity index (χ1) is 12.5. The standard InChI is InChI=1S/C18H14N4O4/c1-12-4-5-13(9-16(12)22(24)25)17-7-6-15(26-17)11-20-21-18(23)14-3-2-8-19-10-14/h2-11H,1H3,(H,21,23)/b20-11+. The second kappa shape index (κ2) is 7.39. The zero-order valence-corrected chi connectivity index (χ0v) is 13.7. The molecule has 0 spiro atoms. The Morgan fingerprint density at radius 2 is 2.15 bits per heavy atom. The van der Waals surface area contributed by atoms with Crippen LogP contribution in [0.2, 0.25) is 0 Å². The zero-order chi connectivity index (χ0) is 18.5. The summed E-state index contributed by atoms with van der Waals surface area (Å²) in [7, 11) is 0. The summed E-state index contributed by atoms with van der Waals surface area (Å²) >= 11 is 0. The Hall–Kier alpha value is -3.81. The maximum atomic E-state index is 11.8. The average molecular weight is 350 g/mol. The SMILES string of the molecule is Cc1ccc(-c2ccc(/C=N/NC(=O)c3cccnc3)o2)cc1[N+](=O)[O-]. The van der Waals surface area contributed by atoms with E-state index in [4.69, 9.17) is 4.42 Å². The molecule has 0 fully saturated rings. The van der Waals surface area contributed by atoms with Gasteiger partial charge in [0.2, 0.25) is 0 Å². The van der Waals surface area contributed by atoms with Gasteiger partial charge in [-0.2, -0.15) is 5.10 Å². The molecule has 8 heteroatoms. The number of amides is 1. The Morgan fingerprint density at radius 3 is 2.88 bits per heavy atom. The van der Waals surface area contributed by atoms with Crippen LogP contribution in [0.25, 0.3) is 11.3 Å². The van der Waals surface area contributed by atoms with Crippen LogP contribution in [0.4, 0.5) is 5.69 Å². The third-order valence-electron chi connectivity index (χ3n) is 3.60. The number of hydrazone groups is 1. The van der Waals surface area contributed by atoms with Gasteiger partial charge in [0, 0.05) is 29.6 Å². The molecular weight excluding hydrogens is 336 g/mol. The van der Waals surface area contributed by atoms with Crippen molar-refractivity contribution >= 4 is 17.8 Å². The van der Waals surface area contributed by atoms with Crippen LogP contribution >= 0.6 is 0 Å². The summed E-state index contributed by atoms with van der Waals surface area (Å²) < 4.78 is 5.60. The largest absolute Gasteiger partial charge is 0.455 e. The fourth-order valence-electron chi connectivity index (χ4n) is 2.25. The van der Waals surface area contributed by atoms with E-state index in [0.717, 1.165) is 0 Å². The molecule has 3 rings (SSSR count). The number of nitro groups is 1. The predicted octanol–water partition coefficient (Wildman–Crippen LogP) is 3.32. The van der Waals surface area contributed by atoms with Crippen LogP contribution in [0, 0.1) is 17.0 Å². The molecule has 0 saturated heterocycles. The van der Waals surface area contributed by atoms with Crippen molar-refractivity contribution in [1.82, 2.24) is 10.4 Å². The highest BCUT2D eigenvalue weighted by molar-refractivity contribution is 5.94. The number of pyridine rings is 1. The van der Waals surface area contributed by atoms with Gasteiger partial charge in [0.05, 0.1) is 16.7 Å². The third-order valence-corrected chi connectivity index (χ3v) is 3.60. The van der Waals surface area contributed by atoms with E-state index in [9.17, 15) is 14.9 Å². The highest BCUT2D eigenvalue weighted by Gasteiger charge is 2.13. The van der Waals surface area contributed by atoms with Crippen LogP contribution in [0.1, 0.15) is 21.7 Å². The van der Waals surface area contributed by atoms with Crippen molar-refractivity contribution in [2.24, 2.45) is 5.10 Å². The first kappa shape index (κ1) is 17.0. The van der Waals surface area contributed by atoms with E-state index in [1.54, 1.807) is 49.5 Å². The molecule has 0 aliphatic rings. The topological polar surface area (TPSA) is 111 Å². The van der Waals surface area contributed by atoms with Crippen molar-refractivity contribution in [3.05, 3.63) is 81.9 Å². The van der Waals surface area contributed by atoms with Gasteiger partial charge in [-0.25, -0.2) is 5.43 Å². The van der Waals surface area contributed by atoms with Crippen LogP contribution in [0.3, 0.4) is 0 Å². The van der Waals surface area contributed by atoms with Gasteiger partial charge in [-0.3, -0.25) is 19.9 Å². The van der Waals surface area contributed by atoms with Crippen LogP contribution in [0.15, 0.2) is 64.4 Å². The lowest BCUT2D eigenvalue weighted by molar-refractivity contribution is -0.385. The number of hydrogen-bond acceptors (Lipinski definition) is 6. The van der Waals surface area contributed by atoms with Gasteiger partial charge in [-0.1, -0.05) is 12.1 Å². The minimum Gasteiger partial charge on any atom is -0.455 e. The quantitative estimate of drug-likeness (QED) is 0.431. The van der Waals surface area contributed by atoms with E-state index >= 15 is 0 Å². The molecule has 8 nitrogen and oxygen atoms in total. The van der Waals surface area contributed by atoms with Gasteiger partial charge >= 0.3 is 0 Å². The number of aryl methyl sites for hydroxylation is 1. The average Bonchev–Trinajstić information content (AvgIpc) is 3.11. The highest BCUT2D eigenvalue weighted by atomic mass is 16.6. The molecule has 130 valence electrons. The molecule has 0 unspecified atom stereocenters. The smallest absolute Gasteiger partial charge is 0.273 e. The molecule has 2 aromatic heterocycles. The number of rotatable bonds is 5. The number of benzene rings is 1. The summed E-state index contributed by atoms with van der Waals surface area (Å²) in [5, 5.41) is 14.9. The van der Waals surface area contributed by atoms with Crippen LogP contribution in [0.5, 0.6) is 0 Å². The zero-order valence-electron chi connectivity index (χ0n) is 13.7. The van der Waals surface area contributed by atoms with Crippen LogP contribution in [-0.2, 0) is 0 Å². The molecule has 3 aromatic rings. The molecule has 0 atom stereocenters. The van der Waals surface area contributed by atoms with Gasteiger partial charge in [0.1, 0.15) is 11.5 Å². The second-order valence-electron chi connectivity index (χ2n) is 5.40. The molecule has 1 amide bonds. The second-order valence-corrected chi connectivity index (χ2v) is 5.40. The van der Waals surface area contributed by atoms with Crippen molar-refractivity contribution in [2.45, 2.75) is 6.92 Å². The van der Waals surface area contributed by atoms with Gasteiger partial charge in [0.15, 0.2) is 0 Å². The number of nitro benzene ring substituents is 1. The lowest BCUT2D eigenvalue weighted by Crippen LogP contribution is -2.17. The predicted molar refractivity (Wildman–Crippen MR) is 94.8 cm³/mol. The molecule has 0 bridgehead atoms. The monoisotopic (exact) mass is 350 g/mol. The lowest BCUT2D eigenvalue weighted by atomic mass is 10.1. The van der Waals surface area contributed by atoms with Crippen molar-refractivity contribution in [3.63, 3.8) is 0 Å². The minimum atomic E-state index is -0.432. The number of carbonyl (C=O) groups is 1. The van der Waals surface area contributed by atoms with Gasteiger partial charge < -0.3 is 4.42 Å². The van der Waals surface area contributed by atoms with E-state index in [0.29, 0.717) is 28.2 Å². The summed E-state index contributed by atoms with van der Waals surface area (Å²) in [6.07, 6.45) is 4.35. The maximum absolute atomic E-state index is 11.8. The van der Waals surface area contributed by atoms with E-state index < -0.39 is 10.8 Å². The van der Waals surface area contributed by atoms with Gasteiger partial charge in [-0.15, -0.1) is 0 Å². The first-order valence-electron chi connectivity index (χ1n) is 7.63. The first-order valence-corrected chi connectivity index (χ1v) is 7.63.